The molecule has 0 N–H and O–H groups in total. The summed E-state index contributed by atoms with van der Waals surface area (Å²) in [5, 5.41) is 0. The molecular weight excluding hydrogens is 172 g/mol. The Hall–Kier alpha value is -1.31. The van der Waals surface area contributed by atoms with E-state index in [1.165, 1.54) is 17.8 Å². The molecule has 1 aromatic heterocycles. The van der Waals surface area contributed by atoms with Crippen LogP contribution in [-0.2, 0) is 13.0 Å². The number of aromatic nitrogens is 2. The average molecular weight is 186 g/mol. The van der Waals surface area contributed by atoms with Crippen LogP contribution in [0.5, 0.6) is 0 Å². The number of para-hydroxylation sites is 2. The Morgan fingerprint density at radius 2 is 2.21 bits per heavy atom. The van der Waals surface area contributed by atoms with Crippen LogP contribution in [0.3, 0.4) is 0 Å². The molecule has 0 aliphatic carbocycles. The number of nitrogens with zero attached hydrogens (tertiary/aromatic N) is 2. The molecule has 1 unspecified atom stereocenters. The molecule has 0 fully saturated rings. The summed E-state index contributed by atoms with van der Waals surface area (Å²) >= 11 is 0. The normalized spacial score (nSPS) is 21.1. The Balaban J connectivity index is 2.24. The number of hydrogen-bond acceptors (Lipinski definition) is 1. The lowest BCUT2D eigenvalue weighted by atomic mass is 10.0. The molecule has 0 amide bonds. The fourth-order valence-electron chi connectivity index (χ4n) is 2.29. The lowest BCUT2D eigenvalue weighted by molar-refractivity contribution is 0.415. The quantitative estimate of drug-likeness (QED) is 0.618. The molecule has 1 atom stereocenters. The van der Waals surface area contributed by atoms with Crippen molar-refractivity contribution in [2.24, 2.45) is 5.92 Å². The zero-order chi connectivity index (χ0) is 9.54. The molecule has 14 heavy (non-hydrogen) atoms. The third-order valence-corrected chi connectivity index (χ3v) is 3.11. The van der Waals surface area contributed by atoms with Crippen LogP contribution in [0.1, 0.15) is 19.2 Å². The van der Waals surface area contributed by atoms with Crippen LogP contribution in [-0.4, -0.2) is 9.55 Å². The van der Waals surface area contributed by atoms with Gasteiger partial charge in [-0.05, 0) is 24.5 Å². The van der Waals surface area contributed by atoms with E-state index in [2.05, 4.69) is 40.7 Å². The van der Waals surface area contributed by atoms with Crippen molar-refractivity contribution < 1.29 is 0 Å². The van der Waals surface area contributed by atoms with Crippen molar-refractivity contribution in [1.29, 1.82) is 0 Å². The van der Waals surface area contributed by atoms with Crippen LogP contribution in [0, 0.1) is 5.92 Å². The number of benzene rings is 1. The van der Waals surface area contributed by atoms with E-state index in [1.54, 1.807) is 0 Å². The highest BCUT2D eigenvalue weighted by Crippen LogP contribution is 2.24. The van der Waals surface area contributed by atoms with E-state index in [1.807, 2.05) is 0 Å². The highest BCUT2D eigenvalue weighted by molar-refractivity contribution is 5.75. The minimum atomic E-state index is 0.791. The summed E-state index contributed by atoms with van der Waals surface area (Å²) in [5.41, 5.74) is 2.45. The van der Waals surface area contributed by atoms with E-state index in [-0.39, 0.29) is 0 Å². The second-order valence-corrected chi connectivity index (χ2v) is 4.27. The number of hydrogen-bond donors (Lipinski definition) is 0. The molecule has 0 bridgehead atoms. The van der Waals surface area contributed by atoms with Crippen LogP contribution in [0.15, 0.2) is 24.3 Å². The van der Waals surface area contributed by atoms with E-state index in [0.717, 1.165) is 24.4 Å². The largest absolute Gasteiger partial charge is 0.328 e. The molecule has 0 saturated heterocycles. The Labute approximate surface area is 83.6 Å². The van der Waals surface area contributed by atoms with Gasteiger partial charge in [-0.2, -0.15) is 0 Å². The van der Waals surface area contributed by atoms with Crippen molar-refractivity contribution >= 4 is 11.0 Å². The predicted octanol–water partition coefficient (Wildman–Crippen LogP) is 2.62. The second kappa shape index (κ2) is 2.84. The summed E-state index contributed by atoms with van der Waals surface area (Å²) in [4.78, 5) is 4.67. The standard InChI is InChI=1S/C12H14N2/c1-9-6-7-14-11-5-3-2-4-10(11)13-12(14)8-9/h2-5,9H,6-8H2,1H3. The first-order valence-electron chi connectivity index (χ1n) is 5.29. The monoisotopic (exact) mass is 186 g/mol. The number of fused-ring (bicyclic) bond motifs is 3. The van der Waals surface area contributed by atoms with Gasteiger partial charge in [0.25, 0.3) is 0 Å². The molecule has 2 aromatic rings. The van der Waals surface area contributed by atoms with Crippen LogP contribution >= 0.6 is 0 Å². The highest BCUT2D eigenvalue weighted by Gasteiger charge is 2.18. The first-order chi connectivity index (χ1) is 6.84. The van der Waals surface area contributed by atoms with E-state index >= 15 is 0 Å². The van der Waals surface area contributed by atoms with E-state index in [9.17, 15) is 0 Å². The first-order valence-corrected chi connectivity index (χ1v) is 5.29. The maximum Gasteiger partial charge on any atom is 0.110 e. The molecule has 1 aliphatic heterocycles. The van der Waals surface area contributed by atoms with Crippen molar-refractivity contribution in [2.45, 2.75) is 26.3 Å². The van der Waals surface area contributed by atoms with Gasteiger partial charge in [-0.25, -0.2) is 4.98 Å². The lowest BCUT2D eigenvalue weighted by Crippen LogP contribution is -2.17. The molecule has 0 saturated carbocycles. The predicted molar refractivity (Wildman–Crippen MR) is 57.2 cm³/mol. The van der Waals surface area contributed by atoms with Gasteiger partial charge in [-0.15, -0.1) is 0 Å². The topological polar surface area (TPSA) is 17.8 Å². The van der Waals surface area contributed by atoms with Crippen molar-refractivity contribution in [3.63, 3.8) is 0 Å². The third kappa shape index (κ3) is 1.07. The molecule has 2 nitrogen and oxygen atoms in total. The second-order valence-electron chi connectivity index (χ2n) is 4.27. The Morgan fingerprint density at radius 1 is 1.36 bits per heavy atom. The average Bonchev–Trinajstić information content (AvgIpc) is 2.54. The molecule has 0 radical (unpaired) electrons. The fourth-order valence-corrected chi connectivity index (χ4v) is 2.29. The maximum atomic E-state index is 4.67. The van der Waals surface area contributed by atoms with Crippen LogP contribution in [0.2, 0.25) is 0 Å². The zero-order valence-electron chi connectivity index (χ0n) is 8.40. The number of rotatable bonds is 0. The molecule has 0 spiro atoms. The Morgan fingerprint density at radius 3 is 3.14 bits per heavy atom. The minimum Gasteiger partial charge on any atom is -0.328 e. The molecule has 1 aliphatic rings. The summed E-state index contributed by atoms with van der Waals surface area (Å²) in [6.45, 7) is 3.44. The fraction of sp³-hybridized carbons (Fsp3) is 0.417. The van der Waals surface area contributed by atoms with Gasteiger partial charge in [-0.3, -0.25) is 0 Å². The molecule has 2 heteroatoms. The first kappa shape index (κ1) is 8.04. The van der Waals surface area contributed by atoms with Crippen LogP contribution in [0.25, 0.3) is 11.0 Å². The number of aryl methyl sites for hydroxylation is 1. The maximum absolute atomic E-state index is 4.67. The third-order valence-electron chi connectivity index (χ3n) is 3.11. The smallest absolute Gasteiger partial charge is 0.110 e. The Bertz CT molecular complexity index is 470. The SMILES string of the molecule is CC1CCn2c(nc3ccccc32)C1. The summed E-state index contributed by atoms with van der Waals surface area (Å²) in [7, 11) is 0. The molecule has 2 heterocycles. The van der Waals surface area contributed by atoms with Crippen molar-refractivity contribution in [1.82, 2.24) is 9.55 Å². The van der Waals surface area contributed by atoms with Crippen LogP contribution in [0.4, 0.5) is 0 Å². The lowest BCUT2D eigenvalue weighted by Gasteiger charge is -2.19. The van der Waals surface area contributed by atoms with Crippen molar-refractivity contribution in [3.8, 4) is 0 Å². The number of imidazole rings is 1. The van der Waals surface area contributed by atoms with Gasteiger partial charge < -0.3 is 4.57 Å². The van der Waals surface area contributed by atoms with Crippen molar-refractivity contribution in [2.75, 3.05) is 0 Å². The van der Waals surface area contributed by atoms with Gasteiger partial charge >= 0.3 is 0 Å². The minimum absolute atomic E-state index is 0.791. The summed E-state index contributed by atoms with van der Waals surface area (Å²) in [6.07, 6.45) is 2.42. The van der Waals surface area contributed by atoms with Gasteiger partial charge in [-0.1, -0.05) is 19.1 Å². The van der Waals surface area contributed by atoms with Gasteiger partial charge in [0, 0.05) is 13.0 Å². The van der Waals surface area contributed by atoms with Gasteiger partial charge in [0.1, 0.15) is 5.82 Å². The molecule has 72 valence electrons. The summed E-state index contributed by atoms with van der Waals surface area (Å²) < 4.78 is 2.37. The van der Waals surface area contributed by atoms with Gasteiger partial charge in [0.2, 0.25) is 0 Å². The van der Waals surface area contributed by atoms with Crippen LogP contribution < -0.4 is 0 Å². The zero-order valence-corrected chi connectivity index (χ0v) is 8.40. The van der Waals surface area contributed by atoms with Gasteiger partial charge in [0.05, 0.1) is 11.0 Å². The molecule has 3 rings (SSSR count). The van der Waals surface area contributed by atoms with E-state index in [0.29, 0.717) is 0 Å². The van der Waals surface area contributed by atoms with E-state index < -0.39 is 0 Å². The Kier molecular flexibility index (Phi) is 1.63. The van der Waals surface area contributed by atoms with Crippen molar-refractivity contribution in [3.05, 3.63) is 30.1 Å². The molecule has 1 aromatic carbocycles. The van der Waals surface area contributed by atoms with Gasteiger partial charge in [0.15, 0.2) is 0 Å². The highest BCUT2D eigenvalue weighted by atomic mass is 15.1. The molecular formula is C12H14N2. The van der Waals surface area contributed by atoms with E-state index in [4.69, 9.17) is 0 Å². The summed E-state index contributed by atoms with van der Waals surface area (Å²) in [5.74, 6) is 2.06. The summed E-state index contributed by atoms with van der Waals surface area (Å²) in [6, 6.07) is 8.42.